The lowest BCUT2D eigenvalue weighted by Gasteiger charge is -2.18. The summed E-state index contributed by atoms with van der Waals surface area (Å²) in [6.07, 6.45) is 5.65. The van der Waals surface area contributed by atoms with Gasteiger partial charge in [0.25, 0.3) is 0 Å². The standard InChI is InChI=1S/C10H14O4/c11-9(12)7-4-2-1-3-5-8(6-7)10(13)14/h1-2,7-8H,3-6H2,(H,11,12)(H,13,14)/b2-1-. The Kier molecular flexibility index (Phi) is 3.68. The number of hydrogen-bond acceptors (Lipinski definition) is 2. The van der Waals surface area contributed by atoms with Crippen LogP contribution in [-0.2, 0) is 9.59 Å². The molecule has 0 bridgehead atoms. The maximum Gasteiger partial charge on any atom is 0.306 e. The van der Waals surface area contributed by atoms with Crippen molar-refractivity contribution >= 4 is 11.9 Å². The molecule has 2 N–H and O–H groups in total. The lowest BCUT2D eigenvalue weighted by atomic mass is 9.87. The molecule has 0 spiro atoms. The molecule has 0 aromatic rings. The van der Waals surface area contributed by atoms with Gasteiger partial charge in [-0.2, -0.15) is 0 Å². The minimum atomic E-state index is -0.900. The van der Waals surface area contributed by atoms with Crippen LogP contribution in [0, 0.1) is 11.8 Å². The van der Waals surface area contributed by atoms with E-state index in [0.717, 1.165) is 6.42 Å². The Balaban J connectivity index is 2.68. The predicted octanol–water partition coefficient (Wildman–Crippen LogP) is 1.52. The molecular weight excluding hydrogens is 184 g/mol. The molecule has 1 aliphatic rings. The highest BCUT2D eigenvalue weighted by molar-refractivity contribution is 5.74. The molecule has 1 rings (SSSR count). The Morgan fingerprint density at radius 3 is 2.29 bits per heavy atom. The van der Waals surface area contributed by atoms with E-state index < -0.39 is 23.8 Å². The van der Waals surface area contributed by atoms with Crippen LogP contribution >= 0.6 is 0 Å². The first-order valence-electron chi connectivity index (χ1n) is 4.72. The summed E-state index contributed by atoms with van der Waals surface area (Å²) in [6, 6.07) is 0. The summed E-state index contributed by atoms with van der Waals surface area (Å²) in [5, 5.41) is 17.7. The van der Waals surface area contributed by atoms with Gasteiger partial charge >= 0.3 is 11.9 Å². The Morgan fingerprint density at radius 2 is 1.71 bits per heavy atom. The fourth-order valence-electron chi connectivity index (χ4n) is 1.66. The number of carboxylic acid groups (broad SMARTS) is 2. The summed E-state index contributed by atoms with van der Waals surface area (Å²) in [5.41, 5.74) is 0. The van der Waals surface area contributed by atoms with Crippen molar-refractivity contribution in [3.63, 3.8) is 0 Å². The van der Waals surface area contributed by atoms with Gasteiger partial charge in [0.2, 0.25) is 0 Å². The lowest BCUT2D eigenvalue weighted by molar-refractivity contribution is -0.145. The largest absolute Gasteiger partial charge is 0.481 e. The molecule has 0 saturated carbocycles. The van der Waals surface area contributed by atoms with Crippen LogP contribution in [0.2, 0.25) is 0 Å². The number of aliphatic carboxylic acids is 2. The van der Waals surface area contributed by atoms with E-state index in [4.69, 9.17) is 10.2 Å². The number of carbonyl (C=O) groups is 2. The first-order chi connectivity index (χ1) is 6.61. The van der Waals surface area contributed by atoms with Gasteiger partial charge in [-0.1, -0.05) is 12.2 Å². The third-order valence-corrected chi connectivity index (χ3v) is 2.54. The number of rotatable bonds is 2. The molecule has 1 aliphatic carbocycles. The second-order valence-electron chi connectivity index (χ2n) is 3.59. The Morgan fingerprint density at radius 1 is 1.07 bits per heavy atom. The summed E-state index contributed by atoms with van der Waals surface area (Å²) in [6.45, 7) is 0. The fourth-order valence-corrected chi connectivity index (χ4v) is 1.66. The van der Waals surface area contributed by atoms with Crippen LogP contribution in [0.5, 0.6) is 0 Å². The molecule has 0 fully saturated rings. The summed E-state index contributed by atoms with van der Waals surface area (Å²) >= 11 is 0. The van der Waals surface area contributed by atoms with Gasteiger partial charge in [0.05, 0.1) is 11.8 Å². The van der Waals surface area contributed by atoms with Crippen molar-refractivity contribution < 1.29 is 19.8 Å². The van der Waals surface area contributed by atoms with Crippen molar-refractivity contribution in [3.8, 4) is 0 Å². The quantitative estimate of drug-likeness (QED) is 0.659. The molecule has 0 heterocycles. The minimum Gasteiger partial charge on any atom is -0.481 e. The molecule has 2 unspecified atom stereocenters. The fraction of sp³-hybridized carbons (Fsp3) is 0.600. The third-order valence-electron chi connectivity index (χ3n) is 2.54. The zero-order valence-corrected chi connectivity index (χ0v) is 7.85. The van der Waals surface area contributed by atoms with Gasteiger partial charge in [-0.25, -0.2) is 0 Å². The van der Waals surface area contributed by atoms with Gasteiger partial charge in [0.1, 0.15) is 0 Å². The molecule has 0 aliphatic heterocycles. The first-order valence-corrected chi connectivity index (χ1v) is 4.72. The van der Waals surface area contributed by atoms with E-state index in [-0.39, 0.29) is 6.42 Å². The van der Waals surface area contributed by atoms with Crippen LogP contribution in [-0.4, -0.2) is 22.2 Å². The number of hydrogen-bond donors (Lipinski definition) is 2. The predicted molar refractivity (Wildman–Crippen MR) is 49.9 cm³/mol. The highest BCUT2D eigenvalue weighted by atomic mass is 16.4. The number of allylic oxidation sites excluding steroid dienone is 2. The van der Waals surface area contributed by atoms with Crippen LogP contribution in [0.3, 0.4) is 0 Å². The average molecular weight is 198 g/mol. The van der Waals surface area contributed by atoms with Crippen molar-refractivity contribution in [2.75, 3.05) is 0 Å². The van der Waals surface area contributed by atoms with E-state index in [2.05, 4.69) is 0 Å². The van der Waals surface area contributed by atoms with Crippen molar-refractivity contribution in [2.45, 2.75) is 25.7 Å². The van der Waals surface area contributed by atoms with Crippen molar-refractivity contribution in [2.24, 2.45) is 11.8 Å². The van der Waals surface area contributed by atoms with Gasteiger partial charge in [0, 0.05) is 0 Å². The molecular formula is C10H14O4. The zero-order valence-electron chi connectivity index (χ0n) is 7.85. The summed E-state index contributed by atoms with van der Waals surface area (Å²) < 4.78 is 0. The van der Waals surface area contributed by atoms with Gasteiger partial charge in [-0.15, -0.1) is 0 Å². The van der Waals surface area contributed by atoms with Crippen molar-refractivity contribution in [3.05, 3.63) is 12.2 Å². The van der Waals surface area contributed by atoms with E-state index in [9.17, 15) is 9.59 Å². The monoisotopic (exact) mass is 198 g/mol. The smallest absolute Gasteiger partial charge is 0.306 e. The lowest BCUT2D eigenvalue weighted by Crippen LogP contribution is -2.23. The Hall–Kier alpha value is -1.32. The maximum absolute atomic E-state index is 10.8. The summed E-state index contributed by atoms with van der Waals surface area (Å²) in [7, 11) is 0. The third kappa shape index (κ3) is 2.87. The van der Waals surface area contributed by atoms with E-state index in [1.807, 2.05) is 12.2 Å². The van der Waals surface area contributed by atoms with Crippen molar-refractivity contribution in [1.82, 2.24) is 0 Å². The molecule has 78 valence electrons. The molecule has 4 nitrogen and oxygen atoms in total. The SMILES string of the molecule is O=C(O)C1C/C=C\CCC(C(=O)O)C1. The van der Waals surface area contributed by atoms with Gasteiger partial charge < -0.3 is 10.2 Å². The molecule has 2 atom stereocenters. The topological polar surface area (TPSA) is 74.6 Å². The molecule has 0 saturated heterocycles. The normalized spacial score (nSPS) is 30.0. The van der Waals surface area contributed by atoms with Crippen molar-refractivity contribution in [1.29, 1.82) is 0 Å². The molecule has 14 heavy (non-hydrogen) atoms. The number of carboxylic acids is 2. The molecule has 0 amide bonds. The highest BCUT2D eigenvalue weighted by Crippen LogP contribution is 2.24. The van der Waals surface area contributed by atoms with Crippen LogP contribution in [0.4, 0.5) is 0 Å². The Labute approximate surface area is 82.2 Å². The van der Waals surface area contributed by atoms with E-state index >= 15 is 0 Å². The van der Waals surface area contributed by atoms with Crippen LogP contribution < -0.4 is 0 Å². The van der Waals surface area contributed by atoms with E-state index in [1.54, 1.807) is 0 Å². The van der Waals surface area contributed by atoms with Gasteiger partial charge in [-0.05, 0) is 25.7 Å². The van der Waals surface area contributed by atoms with E-state index in [0.29, 0.717) is 12.8 Å². The van der Waals surface area contributed by atoms with Crippen LogP contribution in [0.1, 0.15) is 25.7 Å². The first kappa shape index (κ1) is 10.8. The second-order valence-corrected chi connectivity index (χ2v) is 3.59. The second kappa shape index (κ2) is 4.79. The maximum atomic E-state index is 10.8. The molecule has 0 aromatic carbocycles. The molecule has 0 aromatic heterocycles. The average Bonchev–Trinajstić information content (AvgIpc) is 2.01. The summed E-state index contributed by atoms with van der Waals surface area (Å²) in [4.78, 5) is 21.5. The summed E-state index contributed by atoms with van der Waals surface area (Å²) in [5.74, 6) is -2.84. The Bertz CT molecular complexity index is 257. The molecule has 0 radical (unpaired) electrons. The van der Waals surface area contributed by atoms with E-state index in [1.165, 1.54) is 0 Å². The highest BCUT2D eigenvalue weighted by Gasteiger charge is 2.26. The van der Waals surface area contributed by atoms with Gasteiger partial charge in [-0.3, -0.25) is 9.59 Å². The van der Waals surface area contributed by atoms with Gasteiger partial charge in [0.15, 0.2) is 0 Å². The molecule has 4 heteroatoms. The van der Waals surface area contributed by atoms with Crippen LogP contribution in [0.25, 0.3) is 0 Å². The zero-order chi connectivity index (χ0) is 10.6. The minimum absolute atomic E-state index is 0.245. The van der Waals surface area contributed by atoms with Crippen LogP contribution in [0.15, 0.2) is 12.2 Å².